The highest BCUT2D eigenvalue weighted by Crippen LogP contribution is 2.39. The zero-order valence-corrected chi connectivity index (χ0v) is 30.2. The van der Waals surface area contributed by atoms with Crippen LogP contribution in [0.4, 0.5) is 21.0 Å². The molecule has 2 heterocycles. The van der Waals surface area contributed by atoms with E-state index < -0.39 is 53.7 Å². The van der Waals surface area contributed by atoms with E-state index in [1.54, 1.807) is 51.1 Å². The number of rotatable bonds is 12. The zero-order valence-electron chi connectivity index (χ0n) is 30.2. The number of esters is 1. The van der Waals surface area contributed by atoms with Crippen molar-refractivity contribution in [2.45, 2.75) is 83.2 Å². The minimum atomic E-state index is -1.04. The van der Waals surface area contributed by atoms with Crippen LogP contribution in [0.3, 0.4) is 0 Å². The number of alkyl carbamates (subject to hydrolysis) is 1. The Morgan fingerprint density at radius 2 is 1.52 bits per heavy atom. The molecule has 2 N–H and O–H groups in total. The van der Waals surface area contributed by atoms with E-state index in [9.17, 15) is 24.0 Å². The summed E-state index contributed by atoms with van der Waals surface area (Å²) in [6, 6.07) is 18.7. The molecule has 0 aromatic heterocycles. The molecule has 0 spiro atoms. The molecule has 276 valence electrons. The van der Waals surface area contributed by atoms with Crippen molar-refractivity contribution in [3.8, 4) is 5.75 Å². The Bertz CT molecular complexity index is 1770. The fourth-order valence-electron chi connectivity index (χ4n) is 6.42. The second kappa shape index (κ2) is 16.6. The molecule has 13 nitrogen and oxygen atoms in total. The van der Waals surface area contributed by atoms with Gasteiger partial charge in [0.1, 0.15) is 36.1 Å². The second-order valence-electron chi connectivity index (χ2n) is 13.7. The van der Waals surface area contributed by atoms with Gasteiger partial charge in [0, 0.05) is 25.1 Å². The van der Waals surface area contributed by atoms with Crippen LogP contribution in [0.25, 0.3) is 0 Å². The average Bonchev–Trinajstić information content (AvgIpc) is 3.71. The van der Waals surface area contributed by atoms with Gasteiger partial charge in [-0.15, -0.1) is 0 Å². The van der Waals surface area contributed by atoms with Gasteiger partial charge in [-0.3, -0.25) is 19.4 Å². The van der Waals surface area contributed by atoms with Crippen LogP contribution in [0, 0.1) is 0 Å². The lowest BCUT2D eigenvalue weighted by molar-refractivity contribution is -0.145. The molecule has 2 aliphatic rings. The van der Waals surface area contributed by atoms with Gasteiger partial charge in [-0.25, -0.2) is 14.4 Å². The number of methoxy groups -OCH3 is 2. The van der Waals surface area contributed by atoms with Gasteiger partial charge < -0.3 is 29.6 Å². The van der Waals surface area contributed by atoms with E-state index in [0.717, 1.165) is 11.1 Å². The normalized spacial score (nSPS) is 16.6. The molecule has 3 atom stereocenters. The molecule has 0 radical (unpaired) electrons. The van der Waals surface area contributed by atoms with Gasteiger partial charge in [0.15, 0.2) is 0 Å². The Balaban J connectivity index is 1.29. The van der Waals surface area contributed by atoms with E-state index in [4.69, 9.17) is 18.9 Å². The second-order valence-corrected chi connectivity index (χ2v) is 13.7. The summed E-state index contributed by atoms with van der Waals surface area (Å²) in [4.78, 5) is 70.1. The molecule has 0 saturated heterocycles. The molecule has 0 bridgehead atoms. The fraction of sp³-hybridized carbons (Fsp3) is 0.410. The van der Waals surface area contributed by atoms with Crippen molar-refractivity contribution in [3.63, 3.8) is 0 Å². The van der Waals surface area contributed by atoms with Gasteiger partial charge in [-0.1, -0.05) is 48.5 Å². The molecule has 0 aliphatic carbocycles. The maximum Gasteiger partial charge on any atom is 0.415 e. The predicted molar refractivity (Wildman–Crippen MR) is 193 cm³/mol. The Morgan fingerprint density at radius 1 is 0.827 bits per heavy atom. The molecule has 0 saturated carbocycles. The SMILES string of the molecule is COC(=O)C(CCCCNC(=O)OCc1ccccc1)NC(=O)C1Cc2cc(OC)ccc2N1C(=O)C1Cc2ccccc2N1C(=O)OC(C)(C)C. The van der Waals surface area contributed by atoms with Crippen LogP contribution in [0.15, 0.2) is 72.8 Å². The summed E-state index contributed by atoms with van der Waals surface area (Å²) in [5, 5.41) is 5.51. The van der Waals surface area contributed by atoms with Gasteiger partial charge in [0.2, 0.25) is 5.91 Å². The van der Waals surface area contributed by atoms with Gasteiger partial charge in [0.25, 0.3) is 5.91 Å². The number of fused-ring (bicyclic) bond motifs is 2. The van der Waals surface area contributed by atoms with Gasteiger partial charge in [-0.05, 0) is 81.0 Å². The van der Waals surface area contributed by atoms with Gasteiger partial charge in [-0.2, -0.15) is 0 Å². The minimum Gasteiger partial charge on any atom is -0.497 e. The maximum atomic E-state index is 14.7. The lowest BCUT2D eigenvalue weighted by Gasteiger charge is -2.33. The van der Waals surface area contributed by atoms with Crippen molar-refractivity contribution in [1.29, 1.82) is 0 Å². The molecule has 0 fully saturated rings. The molecule has 52 heavy (non-hydrogen) atoms. The number of ether oxygens (including phenoxy) is 4. The average molecular weight is 715 g/mol. The number of hydrogen-bond acceptors (Lipinski definition) is 9. The van der Waals surface area contributed by atoms with Crippen molar-refractivity contribution < 1.29 is 42.9 Å². The van der Waals surface area contributed by atoms with Crippen molar-refractivity contribution in [2.24, 2.45) is 0 Å². The molecule has 3 unspecified atom stereocenters. The van der Waals surface area contributed by atoms with E-state index >= 15 is 0 Å². The van der Waals surface area contributed by atoms with E-state index in [-0.39, 0.29) is 25.9 Å². The molecule has 3 aromatic rings. The highest BCUT2D eigenvalue weighted by atomic mass is 16.6. The number of amides is 4. The molecular weight excluding hydrogens is 668 g/mol. The number of para-hydroxylation sites is 1. The van der Waals surface area contributed by atoms with Crippen LogP contribution in [0.5, 0.6) is 5.75 Å². The summed E-state index contributed by atoms with van der Waals surface area (Å²) in [7, 11) is 2.77. The summed E-state index contributed by atoms with van der Waals surface area (Å²) >= 11 is 0. The van der Waals surface area contributed by atoms with Crippen LogP contribution >= 0.6 is 0 Å². The first-order chi connectivity index (χ1) is 24.9. The summed E-state index contributed by atoms with van der Waals surface area (Å²) in [6.07, 6.45) is 0.351. The number of nitrogens with one attached hydrogen (secondary N) is 2. The standard InChI is InChI=1S/C39H46N4O9/c1-39(2,3)52-38(48)43-30-17-10-9-15-26(30)22-33(43)35(45)42-31-19-18-28(49-4)21-27(31)23-32(42)34(44)41-29(36(46)50-5)16-11-12-20-40-37(47)51-24-25-13-7-6-8-14-25/h6-10,13-15,17-19,21,29,32-33H,11-12,16,20,22-24H2,1-5H3,(H,40,47)(H,41,44). The zero-order chi connectivity index (χ0) is 37.4. The van der Waals surface area contributed by atoms with Gasteiger partial charge in [0.05, 0.1) is 19.9 Å². The third-order valence-corrected chi connectivity index (χ3v) is 8.87. The first-order valence-corrected chi connectivity index (χ1v) is 17.3. The minimum absolute atomic E-state index is 0.146. The van der Waals surface area contributed by atoms with Crippen LogP contribution in [0.1, 0.15) is 56.7 Å². The highest BCUT2D eigenvalue weighted by Gasteiger charge is 2.47. The summed E-state index contributed by atoms with van der Waals surface area (Å²) in [5.41, 5.74) is 2.62. The van der Waals surface area contributed by atoms with Crippen molar-refractivity contribution in [2.75, 3.05) is 30.6 Å². The lowest BCUT2D eigenvalue weighted by Crippen LogP contribution is -2.57. The number of benzene rings is 3. The molecular formula is C39H46N4O9. The number of anilines is 2. The monoisotopic (exact) mass is 714 g/mol. The molecule has 13 heteroatoms. The third-order valence-electron chi connectivity index (χ3n) is 8.87. The predicted octanol–water partition coefficient (Wildman–Crippen LogP) is 5.07. The number of unbranched alkanes of at least 4 members (excludes halogenated alkanes) is 1. The highest BCUT2D eigenvalue weighted by molar-refractivity contribution is 6.11. The van der Waals surface area contributed by atoms with E-state index in [1.807, 2.05) is 42.5 Å². The quantitative estimate of drug-likeness (QED) is 0.149. The Kier molecular flexibility index (Phi) is 12.0. The Labute approximate surface area is 303 Å². The summed E-state index contributed by atoms with van der Waals surface area (Å²) in [6.45, 7) is 5.71. The number of hydrogen-bond donors (Lipinski definition) is 2. The van der Waals surface area contributed by atoms with Crippen LogP contribution in [0.2, 0.25) is 0 Å². The number of carbonyl (C=O) groups is 5. The Morgan fingerprint density at radius 3 is 2.23 bits per heavy atom. The first-order valence-electron chi connectivity index (χ1n) is 17.3. The molecule has 2 aliphatic heterocycles. The smallest absolute Gasteiger partial charge is 0.415 e. The summed E-state index contributed by atoms with van der Waals surface area (Å²) in [5.74, 6) is -1.10. The van der Waals surface area contributed by atoms with E-state index in [2.05, 4.69) is 10.6 Å². The molecule has 5 rings (SSSR count). The van der Waals surface area contributed by atoms with Gasteiger partial charge >= 0.3 is 18.2 Å². The topological polar surface area (TPSA) is 153 Å². The number of nitrogens with zero attached hydrogens (tertiary/aromatic N) is 2. The molecule has 4 amide bonds. The van der Waals surface area contributed by atoms with Crippen molar-refractivity contribution in [1.82, 2.24) is 10.6 Å². The van der Waals surface area contributed by atoms with Crippen LogP contribution in [-0.2, 0) is 48.0 Å². The third kappa shape index (κ3) is 9.00. The first kappa shape index (κ1) is 37.7. The molecule has 3 aromatic carbocycles. The largest absolute Gasteiger partial charge is 0.497 e. The van der Waals surface area contributed by atoms with Crippen LogP contribution in [-0.4, -0.2) is 74.5 Å². The van der Waals surface area contributed by atoms with E-state index in [1.165, 1.54) is 24.0 Å². The lowest BCUT2D eigenvalue weighted by atomic mass is 10.1. The maximum absolute atomic E-state index is 14.7. The number of carbonyl (C=O) groups excluding carboxylic acids is 5. The van der Waals surface area contributed by atoms with Crippen LogP contribution < -0.4 is 25.2 Å². The van der Waals surface area contributed by atoms with Crippen molar-refractivity contribution >= 4 is 41.3 Å². The fourth-order valence-corrected chi connectivity index (χ4v) is 6.42. The van der Waals surface area contributed by atoms with E-state index in [0.29, 0.717) is 42.1 Å². The van der Waals surface area contributed by atoms with Crippen molar-refractivity contribution in [3.05, 3.63) is 89.5 Å². The summed E-state index contributed by atoms with van der Waals surface area (Å²) < 4.78 is 21.4. The Hall–Kier alpha value is -5.59.